The van der Waals surface area contributed by atoms with Crippen LogP contribution in [0, 0.1) is 0 Å². The lowest BCUT2D eigenvalue weighted by Gasteiger charge is -2.35. The zero-order valence-electron chi connectivity index (χ0n) is 11.7. The molecule has 0 radical (unpaired) electrons. The third-order valence-corrected chi connectivity index (χ3v) is 4.97. The molecule has 4 heteroatoms. The molecule has 2 fully saturated rings. The van der Waals surface area contributed by atoms with Crippen molar-refractivity contribution in [1.82, 2.24) is 5.32 Å². The van der Waals surface area contributed by atoms with Crippen LogP contribution in [0.15, 0.2) is 4.99 Å². The van der Waals surface area contributed by atoms with Gasteiger partial charge in [0.1, 0.15) is 0 Å². The van der Waals surface area contributed by atoms with Gasteiger partial charge in [0.15, 0.2) is 5.17 Å². The zero-order valence-corrected chi connectivity index (χ0v) is 12.5. The highest BCUT2D eigenvalue weighted by atomic mass is 32.2. The van der Waals surface area contributed by atoms with Crippen molar-refractivity contribution in [3.05, 3.63) is 0 Å². The van der Waals surface area contributed by atoms with Crippen LogP contribution in [0.4, 0.5) is 0 Å². The molecular weight excluding hydrogens is 244 g/mol. The number of ether oxygens (including phenoxy) is 1. The standard InChI is InChI=1S/C14H26N2OS/c1-3-14(2)8-11-18-13(16-14)15-9-7-12-6-4-5-10-17-12/h12H,3-11H2,1-2H3,(H,15,16). The summed E-state index contributed by atoms with van der Waals surface area (Å²) < 4.78 is 5.73. The number of nitrogens with one attached hydrogen (secondary N) is 1. The van der Waals surface area contributed by atoms with Crippen LogP contribution in [0.25, 0.3) is 0 Å². The summed E-state index contributed by atoms with van der Waals surface area (Å²) in [5.41, 5.74) is 0.255. The Morgan fingerprint density at radius 3 is 3.11 bits per heavy atom. The molecule has 0 spiro atoms. The first-order valence-corrected chi connectivity index (χ1v) is 8.27. The summed E-state index contributed by atoms with van der Waals surface area (Å²) in [4.78, 5) is 4.71. The number of amidine groups is 1. The lowest BCUT2D eigenvalue weighted by molar-refractivity contribution is 0.0129. The smallest absolute Gasteiger partial charge is 0.156 e. The van der Waals surface area contributed by atoms with E-state index in [4.69, 9.17) is 9.73 Å². The predicted molar refractivity (Wildman–Crippen MR) is 79.4 cm³/mol. The second-order valence-electron chi connectivity index (χ2n) is 5.60. The van der Waals surface area contributed by atoms with Crippen molar-refractivity contribution in [2.75, 3.05) is 18.9 Å². The van der Waals surface area contributed by atoms with E-state index >= 15 is 0 Å². The molecule has 18 heavy (non-hydrogen) atoms. The highest BCUT2D eigenvalue weighted by molar-refractivity contribution is 8.13. The molecule has 2 saturated heterocycles. The second kappa shape index (κ2) is 6.80. The van der Waals surface area contributed by atoms with Crippen LogP contribution in [0.1, 0.15) is 52.4 Å². The average molecular weight is 270 g/mol. The van der Waals surface area contributed by atoms with Crippen molar-refractivity contribution >= 4 is 16.9 Å². The van der Waals surface area contributed by atoms with Crippen LogP contribution in [0.2, 0.25) is 0 Å². The van der Waals surface area contributed by atoms with Gasteiger partial charge in [0.2, 0.25) is 0 Å². The normalized spacial score (nSPS) is 35.4. The van der Waals surface area contributed by atoms with Crippen LogP contribution < -0.4 is 5.32 Å². The average Bonchev–Trinajstić information content (AvgIpc) is 2.40. The zero-order chi connectivity index (χ0) is 12.8. The Morgan fingerprint density at radius 1 is 1.50 bits per heavy atom. The molecule has 3 nitrogen and oxygen atoms in total. The predicted octanol–water partition coefficient (Wildman–Crippen LogP) is 3.20. The van der Waals surface area contributed by atoms with Crippen molar-refractivity contribution in [3.63, 3.8) is 0 Å². The molecule has 1 N–H and O–H groups in total. The van der Waals surface area contributed by atoms with E-state index in [0.717, 1.165) is 31.2 Å². The third-order valence-electron chi connectivity index (χ3n) is 4.06. The minimum atomic E-state index is 0.255. The van der Waals surface area contributed by atoms with Gasteiger partial charge in [0.25, 0.3) is 0 Å². The Hall–Kier alpha value is -0.220. The maximum Gasteiger partial charge on any atom is 0.156 e. The van der Waals surface area contributed by atoms with Crippen LogP contribution in [0.3, 0.4) is 0 Å². The quantitative estimate of drug-likeness (QED) is 0.851. The minimum absolute atomic E-state index is 0.255. The van der Waals surface area contributed by atoms with Gasteiger partial charge in [0, 0.05) is 24.4 Å². The van der Waals surface area contributed by atoms with E-state index in [-0.39, 0.29) is 5.54 Å². The monoisotopic (exact) mass is 270 g/mol. The van der Waals surface area contributed by atoms with Gasteiger partial charge in [-0.3, -0.25) is 4.99 Å². The van der Waals surface area contributed by atoms with Gasteiger partial charge in [-0.05, 0) is 45.4 Å². The summed E-state index contributed by atoms with van der Waals surface area (Å²) in [6, 6.07) is 0. The topological polar surface area (TPSA) is 33.6 Å². The van der Waals surface area contributed by atoms with Gasteiger partial charge < -0.3 is 10.1 Å². The lowest BCUT2D eigenvalue weighted by Crippen LogP contribution is -2.48. The first-order chi connectivity index (χ1) is 8.72. The number of thioether (sulfide) groups is 1. The van der Waals surface area contributed by atoms with Crippen LogP contribution in [-0.2, 0) is 4.74 Å². The molecule has 2 rings (SSSR count). The molecule has 0 aromatic carbocycles. The molecule has 0 aromatic rings. The van der Waals surface area contributed by atoms with Crippen molar-refractivity contribution in [2.24, 2.45) is 4.99 Å². The largest absolute Gasteiger partial charge is 0.378 e. The van der Waals surface area contributed by atoms with Crippen molar-refractivity contribution in [2.45, 2.75) is 64.0 Å². The fourth-order valence-electron chi connectivity index (χ4n) is 2.43. The number of nitrogens with zero attached hydrogens (tertiary/aromatic N) is 1. The SMILES string of the molecule is CCC1(C)CCSC(=NCCC2CCCCO2)N1. The Morgan fingerprint density at radius 2 is 2.39 bits per heavy atom. The number of hydrogen-bond acceptors (Lipinski definition) is 3. The molecule has 2 unspecified atom stereocenters. The van der Waals surface area contributed by atoms with Gasteiger partial charge in [-0.2, -0.15) is 0 Å². The molecule has 0 bridgehead atoms. The molecule has 0 aliphatic carbocycles. The van der Waals surface area contributed by atoms with Gasteiger partial charge >= 0.3 is 0 Å². The molecular formula is C14H26N2OS. The summed E-state index contributed by atoms with van der Waals surface area (Å²) in [7, 11) is 0. The van der Waals surface area contributed by atoms with Crippen molar-refractivity contribution in [1.29, 1.82) is 0 Å². The minimum Gasteiger partial charge on any atom is -0.378 e. The first kappa shape index (κ1) is 14.2. The van der Waals surface area contributed by atoms with Crippen LogP contribution in [-0.4, -0.2) is 35.7 Å². The Kier molecular flexibility index (Phi) is 5.37. The van der Waals surface area contributed by atoms with Crippen molar-refractivity contribution < 1.29 is 4.74 Å². The molecule has 2 aliphatic heterocycles. The summed E-state index contributed by atoms with van der Waals surface area (Å²) in [5, 5.41) is 4.73. The number of aliphatic imine (C=N–C) groups is 1. The maximum atomic E-state index is 5.73. The van der Waals surface area contributed by atoms with Gasteiger partial charge in [-0.25, -0.2) is 0 Å². The van der Waals surface area contributed by atoms with E-state index in [1.165, 1.54) is 31.4 Å². The van der Waals surface area contributed by atoms with E-state index in [2.05, 4.69) is 19.2 Å². The highest BCUT2D eigenvalue weighted by Crippen LogP contribution is 2.25. The van der Waals surface area contributed by atoms with E-state index in [9.17, 15) is 0 Å². The Labute approximate surface area is 115 Å². The first-order valence-electron chi connectivity index (χ1n) is 7.29. The summed E-state index contributed by atoms with van der Waals surface area (Å²) in [5.74, 6) is 1.19. The Balaban J connectivity index is 1.74. The van der Waals surface area contributed by atoms with Crippen LogP contribution in [0.5, 0.6) is 0 Å². The van der Waals surface area contributed by atoms with E-state index in [1.807, 2.05) is 11.8 Å². The van der Waals surface area contributed by atoms with E-state index in [1.54, 1.807) is 0 Å². The summed E-state index contributed by atoms with van der Waals surface area (Å²) >= 11 is 1.87. The fraction of sp³-hybridized carbons (Fsp3) is 0.929. The van der Waals surface area contributed by atoms with Crippen LogP contribution >= 0.6 is 11.8 Å². The maximum absolute atomic E-state index is 5.73. The lowest BCUT2D eigenvalue weighted by atomic mass is 9.96. The molecule has 0 aromatic heterocycles. The highest BCUT2D eigenvalue weighted by Gasteiger charge is 2.27. The van der Waals surface area contributed by atoms with E-state index < -0.39 is 0 Å². The summed E-state index contributed by atoms with van der Waals surface area (Å²) in [6.07, 6.45) is 7.71. The number of hydrogen-bond donors (Lipinski definition) is 1. The van der Waals surface area contributed by atoms with Crippen molar-refractivity contribution in [3.8, 4) is 0 Å². The molecule has 0 amide bonds. The fourth-order valence-corrected chi connectivity index (χ4v) is 3.67. The van der Waals surface area contributed by atoms with Gasteiger partial charge in [-0.1, -0.05) is 18.7 Å². The molecule has 2 heterocycles. The number of rotatable bonds is 4. The van der Waals surface area contributed by atoms with Gasteiger partial charge in [0.05, 0.1) is 6.10 Å². The van der Waals surface area contributed by atoms with Gasteiger partial charge in [-0.15, -0.1) is 0 Å². The third kappa shape index (κ3) is 4.16. The Bertz CT molecular complexity index is 290. The summed E-state index contributed by atoms with van der Waals surface area (Å²) in [6.45, 7) is 6.39. The van der Waals surface area contributed by atoms with E-state index in [0.29, 0.717) is 6.10 Å². The second-order valence-corrected chi connectivity index (χ2v) is 6.69. The molecule has 2 aliphatic rings. The molecule has 2 atom stereocenters. The molecule has 0 saturated carbocycles. The molecule has 104 valence electrons.